The van der Waals surface area contributed by atoms with Gasteiger partial charge in [0.25, 0.3) is 0 Å². The average molecular weight is 700 g/mol. The molecular formula is C52H33N3. The third kappa shape index (κ3) is 5.05. The van der Waals surface area contributed by atoms with Crippen LogP contribution >= 0.6 is 0 Å². The molecule has 0 aliphatic heterocycles. The Morgan fingerprint density at radius 3 is 1.62 bits per heavy atom. The van der Waals surface area contributed by atoms with E-state index in [1.807, 2.05) is 0 Å². The Balaban J connectivity index is 1.25. The minimum Gasteiger partial charge on any atom is -0.309 e. The van der Waals surface area contributed by atoms with E-state index in [1.165, 1.54) is 26.9 Å². The summed E-state index contributed by atoms with van der Waals surface area (Å²) >= 11 is 0. The van der Waals surface area contributed by atoms with Crippen molar-refractivity contribution < 1.29 is 0 Å². The van der Waals surface area contributed by atoms with E-state index in [0.29, 0.717) is 5.82 Å². The van der Waals surface area contributed by atoms with Gasteiger partial charge < -0.3 is 4.57 Å². The molecule has 0 aliphatic rings. The van der Waals surface area contributed by atoms with Crippen molar-refractivity contribution in [1.29, 1.82) is 0 Å². The van der Waals surface area contributed by atoms with Crippen LogP contribution in [0.1, 0.15) is 0 Å². The fraction of sp³-hybridized carbons (Fsp3) is 0. The number of hydrogen-bond donors (Lipinski definition) is 0. The molecule has 0 atom stereocenters. The number of benzene rings is 9. The highest BCUT2D eigenvalue weighted by Gasteiger charge is 2.21. The molecule has 11 rings (SSSR count). The van der Waals surface area contributed by atoms with Crippen molar-refractivity contribution in [3.63, 3.8) is 0 Å². The minimum atomic E-state index is 0.699. The van der Waals surface area contributed by atoms with Crippen LogP contribution in [-0.2, 0) is 0 Å². The molecule has 0 amide bonds. The first-order valence-corrected chi connectivity index (χ1v) is 18.8. The lowest BCUT2D eigenvalue weighted by atomic mass is 9.92. The fourth-order valence-corrected chi connectivity index (χ4v) is 8.54. The fourth-order valence-electron chi connectivity index (χ4n) is 8.54. The maximum Gasteiger partial charge on any atom is 0.161 e. The Hall–Kier alpha value is -7.36. The van der Waals surface area contributed by atoms with Gasteiger partial charge in [0, 0.05) is 27.5 Å². The minimum absolute atomic E-state index is 0.699. The van der Waals surface area contributed by atoms with Crippen molar-refractivity contribution >= 4 is 54.1 Å². The molecule has 3 heteroatoms. The zero-order valence-electron chi connectivity index (χ0n) is 29.9. The molecule has 11 aromatic rings. The lowest BCUT2D eigenvalue weighted by molar-refractivity contribution is 1.15. The van der Waals surface area contributed by atoms with Crippen molar-refractivity contribution in [2.24, 2.45) is 0 Å². The summed E-state index contributed by atoms with van der Waals surface area (Å²) in [6.45, 7) is 0. The normalized spacial score (nSPS) is 11.6. The summed E-state index contributed by atoms with van der Waals surface area (Å²) in [5.74, 6) is 0.699. The van der Waals surface area contributed by atoms with Crippen LogP contribution < -0.4 is 0 Å². The second-order valence-electron chi connectivity index (χ2n) is 14.1. The second kappa shape index (κ2) is 12.6. The first-order chi connectivity index (χ1) is 27.3. The Kier molecular flexibility index (Phi) is 7.17. The Bertz CT molecular complexity index is 3210. The van der Waals surface area contributed by atoms with Crippen LogP contribution in [0.5, 0.6) is 0 Å². The smallest absolute Gasteiger partial charge is 0.161 e. The summed E-state index contributed by atoms with van der Waals surface area (Å²) in [5, 5.41) is 9.49. The topological polar surface area (TPSA) is 30.7 Å². The molecule has 3 nitrogen and oxygen atoms in total. The molecule has 0 radical (unpaired) electrons. The molecule has 0 saturated carbocycles. The maximum absolute atomic E-state index is 5.59. The quantitative estimate of drug-likeness (QED) is 0.132. The number of hydrogen-bond acceptors (Lipinski definition) is 2. The van der Waals surface area contributed by atoms with Gasteiger partial charge in [-0.25, -0.2) is 9.97 Å². The zero-order valence-corrected chi connectivity index (χ0v) is 29.9. The summed E-state index contributed by atoms with van der Waals surface area (Å²) in [6, 6.07) is 71.4. The molecule has 0 N–H and O–H groups in total. The third-order valence-electron chi connectivity index (χ3n) is 11.0. The molecule has 0 saturated heterocycles. The van der Waals surface area contributed by atoms with Crippen LogP contribution in [0.25, 0.3) is 105 Å². The van der Waals surface area contributed by atoms with E-state index in [9.17, 15) is 0 Å². The van der Waals surface area contributed by atoms with Gasteiger partial charge in [-0.3, -0.25) is 0 Å². The van der Waals surface area contributed by atoms with E-state index in [1.54, 1.807) is 0 Å². The van der Waals surface area contributed by atoms with Gasteiger partial charge in [0.15, 0.2) is 5.82 Å². The molecule has 9 aromatic carbocycles. The molecule has 2 heterocycles. The molecular weight excluding hydrogens is 667 g/mol. The number of para-hydroxylation sites is 3. The predicted octanol–water partition coefficient (Wildman–Crippen LogP) is 13.7. The van der Waals surface area contributed by atoms with Gasteiger partial charge >= 0.3 is 0 Å². The van der Waals surface area contributed by atoms with Crippen LogP contribution in [0.2, 0.25) is 0 Å². The Labute approximate surface area is 318 Å². The highest BCUT2D eigenvalue weighted by molar-refractivity contribution is 6.19. The maximum atomic E-state index is 5.59. The molecule has 0 bridgehead atoms. The van der Waals surface area contributed by atoms with Crippen molar-refractivity contribution in [2.45, 2.75) is 0 Å². The van der Waals surface area contributed by atoms with E-state index in [0.717, 1.165) is 72.1 Å². The van der Waals surface area contributed by atoms with Gasteiger partial charge in [0.05, 0.1) is 28.1 Å². The van der Waals surface area contributed by atoms with E-state index in [4.69, 9.17) is 9.97 Å². The summed E-state index contributed by atoms with van der Waals surface area (Å²) in [6.07, 6.45) is 0. The number of nitrogens with zero attached hydrogens (tertiary/aromatic N) is 3. The lowest BCUT2D eigenvalue weighted by Gasteiger charge is -2.18. The van der Waals surface area contributed by atoms with E-state index >= 15 is 0 Å². The number of rotatable bonds is 5. The highest BCUT2D eigenvalue weighted by Crippen LogP contribution is 2.42. The molecule has 256 valence electrons. The molecule has 0 fully saturated rings. The Morgan fingerprint density at radius 2 is 0.873 bits per heavy atom. The van der Waals surface area contributed by atoms with Gasteiger partial charge in [0.1, 0.15) is 0 Å². The van der Waals surface area contributed by atoms with Crippen LogP contribution in [-0.4, -0.2) is 14.5 Å². The molecule has 55 heavy (non-hydrogen) atoms. The van der Waals surface area contributed by atoms with E-state index < -0.39 is 0 Å². The summed E-state index contributed by atoms with van der Waals surface area (Å²) in [5.41, 5.74) is 10.5. The predicted molar refractivity (Wildman–Crippen MR) is 231 cm³/mol. The average Bonchev–Trinajstić information content (AvgIpc) is 3.60. The third-order valence-corrected chi connectivity index (χ3v) is 11.0. The summed E-state index contributed by atoms with van der Waals surface area (Å²) in [7, 11) is 0. The monoisotopic (exact) mass is 699 g/mol. The van der Waals surface area contributed by atoms with Crippen LogP contribution in [0.4, 0.5) is 0 Å². The second-order valence-corrected chi connectivity index (χ2v) is 14.1. The van der Waals surface area contributed by atoms with Gasteiger partial charge in [-0.1, -0.05) is 170 Å². The standard InChI is InChI=1S/C52H33N3/c1-2-16-34(17-3-1)37-20-8-9-23-40(37)46-33-47(44-26-12-15-29-50(44)55-48-27-13-10-24-41(48)42-25-11-14-28-49(42)55)54-52(53-46)51-39-22-7-5-19-36(39)32-45-38-21-6-4-18-35(38)30-31-43(45)51/h1-33H. The van der Waals surface area contributed by atoms with Crippen LogP contribution in [0.3, 0.4) is 0 Å². The van der Waals surface area contributed by atoms with Crippen LogP contribution in [0.15, 0.2) is 200 Å². The first kappa shape index (κ1) is 31.2. The van der Waals surface area contributed by atoms with Gasteiger partial charge in [-0.15, -0.1) is 0 Å². The van der Waals surface area contributed by atoms with Gasteiger partial charge in [-0.05, 0) is 73.8 Å². The number of fused-ring (bicyclic) bond motifs is 7. The summed E-state index contributed by atoms with van der Waals surface area (Å²) in [4.78, 5) is 11.1. The first-order valence-electron chi connectivity index (χ1n) is 18.8. The highest BCUT2D eigenvalue weighted by atomic mass is 15.0. The molecule has 0 spiro atoms. The SMILES string of the molecule is c1ccc(-c2ccccc2-c2cc(-c3ccccc3-n3c4ccccc4c4ccccc43)nc(-c3c4ccccc4cc4c3ccc3ccccc34)n2)cc1. The summed E-state index contributed by atoms with van der Waals surface area (Å²) < 4.78 is 2.39. The van der Waals surface area contributed by atoms with Crippen molar-refractivity contribution in [1.82, 2.24) is 14.5 Å². The molecule has 0 aliphatic carbocycles. The van der Waals surface area contributed by atoms with E-state index in [-0.39, 0.29) is 0 Å². The van der Waals surface area contributed by atoms with Crippen molar-refractivity contribution in [3.8, 4) is 50.7 Å². The Morgan fingerprint density at radius 1 is 0.327 bits per heavy atom. The lowest BCUT2D eigenvalue weighted by Crippen LogP contribution is -2.01. The molecule has 2 aromatic heterocycles. The largest absolute Gasteiger partial charge is 0.309 e. The van der Waals surface area contributed by atoms with Crippen LogP contribution in [0, 0.1) is 0 Å². The van der Waals surface area contributed by atoms with Crippen molar-refractivity contribution in [3.05, 3.63) is 200 Å². The molecule has 0 unspecified atom stereocenters. The zero-order chi connectivity index (χ0) is 36.3. The van der Waals surface area contributed by atoms with Gasteiger partial charge in [-0.2, -0.15) is 0 Å². The van der Waals surface area contributed by atoms with E-state index in [2.05, 4.69) is 205 Å². The number of aromatic nitrogens is 3. The van der Waals surface area contributed by atoms with Gasteiger partial charge in [0.2, 0.25) is 0 Å². The van der Waals surface area contributed by atoms with Crippen molar-refractivity contribution in [2.75, 3.05) is 0 Å².